The molecule has 3 rings (SSSR count). The monoisotopic (exact) mass is 466 g/mol. The third-order valence-electron chi connectivity index (χ3n) is 6.29. The quantitative estimate of drug-likeness (QED) is 0.583. The molecule has 2 atom stereocenters. The van der Waals surface area contributed by atoms with Gasteiger partial charge in [-0.15, -0.1) is 0 Å². The largest absolute Gasteiger partial charge is 0.453 e. The number of amides is 2. The SMILES string of the molecule is COC(=O)N1CCN(C(=O)[C@H](N)CCc2ccccc2)[C@H](C(=O)CCc2ccc(CN)cc2)C1. The summed E-state index contributed by atoms with van der Waals surface area (Å²) < 4.78 is 4.84. The lowest BCUT2D eigenvalue weighted by Crippen LogP contribution is -2.62. The molecule has 2 aromatic carbocycles. The molecular weight excluding hydrogens is 432 g/mol. The van der Waals surface area contributed by atoms with Gasteiger partial charge in [0.2, 0.25) is 5.91 Å². The number of hydrogen-bond donors (Lipinski definition) is 2. The van der Waals surface area contributed by atoms with Crippen LogP contribution in [0.5, 0.6) is 0 Å². The number of ether oxygens (including phenoxy) is 1. The predicted octanol–water partition coefficient (Wildman–Crippen LogP) is 1.89. The van der Waals surface area contributed by atoms with Gasteiger partial charge in [0.25, 0.3) is 0 Å². The van der Waals surface area contributed by atoms with Crippen molar-refractivity contribution in [2.24, 2.45) is 11.5 Å². The van der Waals surface area contributed by atoms with Crippen LogP contribution in [0.2, 0.25) is 0 Å². The van der Waals surface area contributed by atoms with Crippen LogP contribution < -0.4 is 11.5 Å². The molecule has 0 unspecified atom stereocenters. The van der Waals surface area contributed by atoms with Crippen LogP contribution in [-0.4, -0.2) is 66.4 Å². The van der Waals surface area contributed by atoms with E-state index in [1.54, 1.807) is 4.90 Å². The zero-order chi connectivity index (χ0) is 24.5. The summed E-state index contributed by atoms with van der Waals surface area (Å²) in [5.74, 6) is -0.355. The van der Waals surface area contributed by atoms with Crippen LogP contribution in [0.3, 0.4) is 0 Å². The molecule has 1 saturated heterocycles. The third-order valence-corrected chi connectivity index (χ3v) is 6.29. The molecule has 0 spiro atoms. The maximum absolute atomic E-state index is 13.2. The molecule has 8 heteroatoms. The molecule has 34 heavy (non-hydrogen) atoms. The molecule has 182 valence electrons. The number of Topliss-reactive ketones (excluding diaryl/α,β-unsaturated/α-hetero) is 1. The van der Waals surface area contributed by atoms with Crippen molar-refractivity contribution in [2.75, 3.05) is 26.7 Å². The van der Waals surface area contributed by atoms with Gasteiger partial charge in [-0.3, -0.25) is 9.59 Å². The zero-order valence-corrected chi connectivity index (χ0v) is 19.7. The summed E-state index contributed by atoms with van der Waals surface area (Å²) >= 11 is 0. The van der Waals surface area contributed by atoms with E-state index in [1.165, 1.54) is 12.0 Å². The van der Waals surface area contributed by atoms with E-state index in [4.69, 9.17) is 16.2 Å². The first-order valence-electron chi connectivity index (χ1n) is 11.7. The summed E-state index contributed by atoms with van der Waals surface area (Å²) in [6.45, 7) is 1.11. The lowest BCUT2D eigenvalue weighted by molar-refractivity contribution is -0.143. The molecule has 2 aromatic rings. The second-order valence-electron chi connectivity index (χ2n) is 8.58. The number of hydrogen-bond acceptors (Lipinski definition) is 6. The molecule has 0 aromatic heterocycles. The number of nitrogens with two attached hydrogens (primary N) is 2. The van der Waals surface area contributed by atoms with E-state index in [1.807, 2.05) is 54.6 Å². The van der Waals surface area contributed by atoms with Gasteiger partial charge in [-0.25, -0.2) is 4.79 Å². The number of carbonyl (C=O) groups is 3. The lowest BCUT2D eigenvalue weighted by atomic mass is 9.98. The van der Waals surface area contributed by atoms with Crippen LogP contribution in [0, 0.1) is 0 Å². The standard InChI is InChI=1S/C26H34N4O4/c1-34-26(33)29-15-16-30(25(32)22(28)13-11-19-5-3-2-4-6-19)23(18-29)24(31)14-12-20-7-9-21(17-27)10-8-20/h2-10,22-23H,11-18,27-28H2,1H3/t22-,23+/m1/s1. The van der Waals surface area contributed by atoms with Crippen molar-refractivity contribution < 1.29 is 19.1 Å². The fourth-order valence-electron chi connectivity index (χ4n) is 4.20. The number of carbonyl (C=O) groups excluding carboxylic acids is 3. The van der Waals surface area contributed by atoms with Gasteiger partial charge in [-0.2, -0.15) is 0 Å². The van der Waals surface area contributed by atoms with Gasteiger partial charge in [0.1, 0.15) is 6.04 Å². The van der Waals surface area contributed by atoms with E-state index in [9.17, 15) is 14.4 Å². The van der Waals surface area contributed by atoms with Gasteiger partial charge in [0.15, 0.2) is 5.78 Å². The minimum absolute atomic E-state index is 0.0971. The average molecular weight is 467 g/mol. The number of benzene rings is 2. The molecule has 1 aliphatic rings. The van der Waals surface area contributed by atoms with Crippen molar-refractivity contribution >= 4 is 17.8 Å². The summed E-state index contributed by atoms with van der Waals surface area (Å²) in [5, 5.41) is 0. The number of aryl methyl sites for hydroxylation is 2. The normalized spacial score (nSPS) is 16.7. The highest BCUT2D eigenvalue weighted by molar-refractivity contribution is 5.92. The average Bonchev–Trinajstić information content (AvgIpc) is 2.89. The molecular formula is C26H34N4O4. The molecule has 8 nitrogen and oxygen atoms in total. The van der Waals surface area contributed by atoms with E-state index in [0.717, 1.165) is 16.7 Å². The number of ketones is 1. The maximum Gasteiger partial charge on any atom is 0.409 e. The Balaban J connectivity index is 1.66. The molecule has 1 heterocycles. The van der Waals surface area contributed by atoms with Gasteiger partial charge in [0.05, 0.1) is 19.7 Å². The molecule has 1 fully saturated rings. The van der Waals surface area contributed by atoms with Crippen LogP contribution in [0.4, 0.5) is 4.79 Å². The summed E-state index contributed by atoms with van der Waals surface area (Å²) in [7, 11) is 1.31. The van der Waals surface area contributed by atoms with Crippen molar-refractivity contribution in [2.45, 2.75) is 44.3 Å². The maximum atomic E-state index is 13.2. The van der Waals surface area contributed by atoms with Crippen molar-refractivity contribution in [3.8, 4) is 0 Å². The van der Waals surface area contributed by atoms with Gasteiger partial charge in [-0.05, 0) is 36.0 Å². The Kier molecular flexibility index (Phi) is 9.18. The molecule has 2 amide bonds. The molecule has 4 N–H and O–H groups in total. The number of nitrogens with zero attached hydrogens (tertiary/aromatic N) is 2. The lowest BCUT2D eigenvalue weighted by Gasteiger charge is -2.41. The fourth-order valence-corrected chi connectivity index (χ4v) is 4.20. The van der Waals surface area contributed by atoms with Crippen LogP contribution in [-0.2, 0) is 33.7 Å². The van der Waals surface area contributed by atoms with Crippen molar-refractivity contribution in [3.63, 3.8) is 0 Å². The molecule has 1 aliphatic heterocycles. The predicted molar refractivity (Wildman–Crippen MR) is 130 cm³/mol. The summed E-state index contributed by atoms with van der Waals surface area (Å²) in [4.78, 5) is 41.6. The first-order chi connectivity index (χ1) is 16.4. The highest BCUT2D eigenvalue weighted by Crippen LogP contribution is 2.17. The molecule has 0 aliphatic carbocycles. The topological polar surface area (TPSA) is 119 Å². The fraction of sp³-hybridized carbons (Fsp3) is 0.423. The van der Waals surface area contributed by atoms with Gasteiger partial charge >= 0.3 is 6.09 Å². The Morgan fingerprint density at radius 1 is 0.971 bits per heavy atom. The first-order valence-corrected chi connectivity index (χ1v) is 11.7. The first kappa shape index (κ1) is 25.4. The Labute approximate surface area is 200 Å². The van der Waals surface area contributed by atoms with Crippen molar-refractivity contribution in [1.82, 2.24) is 9.80 Å². The third kappa shape index (κ3) is 6.65. The van der Waals surface area contributed by atoms with E-state index >= 15 is 0 Å². The van der Waals surface area contributed by atoms with Crippen LogP contribution in [0.1, 0.15) is 29.5 Å². The second kappa shape index (κ2) is 12.3. The molecule has 0 bridgehead atoms. The van der Waals surface area contributed by atoms with E-state index in [-0.39, 0.29) is 31.2 Å². The van der Waals surface area contributed by atoms with Crippen LogP contribution in [0.15, 0.2) is 54.6 Å². The van der Waals surface area contributed by atoms with Gasteiger partial charge < -0.3 is 26.0 Å². The Bertz CT molecular complexity index is 965. The minimum Gasteiger partial charge on any atom is -0.453 e. The number of piperazine rings is 1. The van der Waals surface area contributed by atoms with E-state index in [2.05, 4.69) is 0 Å². The Hall–Kier alpha value is -3.23. The van der Waals surface area contributed by atoms with E-state index in [0.29, 0.717) is 32.4 Å². The second-order valence-corrected chi connectivity index (χ2v) is 8.58. The van der Waals surface area contributed by atoms with E-state index < -0.39 is 18.2 Å². The minimum atomic E-state index is -0.744. The van der Waals surface area contributed by atoms with Crippen LogP contribution >= 0.6 is 0 Å². The highest BCUT2D eigenvalue weighted by atomic mass is 16.5. The zero-order valence-electron chi connectivity index (χ0n) is 19.7. The van der Waals surface area contributed by atoms with Crippen LogP contribution in [0.25, 0.3) is 0 Å². The molecule has 0 radical (unpaired) electrons. The van der Waals surface area contributed by atoms with Crippen molar-refractivity contribution in [3.05, 3.63) is 71.3 Å². The summed E-state index contributed by atoms with van der Waals surface area (Å²) in [6.07, 6.45) is 1.45. The van der Waals surface area contributed by atoms with Crippen molar-refractivity contribution in [1.29, 1.82) is 0 Å². The van der Waals surface area contributed by atoms with Gasteiger partial charge in [-0.1, -0.05) is 54.6 Å². The van der Waals surface area contributed by atoms with Gasteiger partial charge in [0, 0.05) is 26.1 Å². The summed E-state index contributed by atoms with van der Waals surface area (Å²) in [6, 6.07) is 16.2. The highest BCUT2D eigenvalue weighted by Gasteiger charge is 2.38. The molecule has 0 saturated carbocycles. The Morgan fingerprint density at radius 3 is 2.26 bits per heavy atom. The summed E-state index contributed by atoms with van der Waals surface area (Å²) in [5.41, 5.74) is 15.0. The number of rotatable bonds is 9. The smallest absolute Gasteiger partial charge is 0.409 e. The Morgan fingerprint density at radius 2 is 1.62 bits per heavy atom. The number of methoxy groups -OCH3 is 1.